The van der Waals surface area contributed by atoms with Crippen LogP contribution in [-0.4, -0.2) is 18.0 Å². The van der Waals surface area contributed by atoms with Crippen LogP contribution in [0.3, 0.4) is 0 Å². The van der Waals surface area contributed by atoms with Gasteiger partial charge in [-0.25, -0.2) is 0 Å². The molecule has 3 rings (SSSR count). The lowest BCUT2D eigenvalue weighted by atomic mass is 9.87. The standard InChI is InChI=1S/C13H17N.HI/c1-10-9-14-8-4-7-13(14)12-6-3-2-5-11(10)12;/h2-3,5-6,10,13H,4,7-9H2,1H3;1H. The summed E-state index contributed by atoms with van der Waals surface area (Å²) in [6.07, 6.45) is 2.75. The molecule has 0 saturated carbocycles. The molecule has 0 spiro atoms. The van der Waals surface area contributed by atoms with Crippen LogP contribution < -0.4 is 0 Å². The molecule has 0 aromatic heterocycles. The van der Waals surface area contributed by atoms with Crippen LogP contribution in [0.25, 0.3) is 0 Å². The molecule has 2 aliphatic rings. The number of hydrogen-bond donors (Lipinski definition) is 0. The van der Waals surface area contributed by atoms with Crippen molar-refractivity contribution >= 4 is 24.0 Å². The van der Waals surface area contributed by atoms with Gasteiger partial charge >= 0.3 is 0 Å². The molecule has 1 nitrogen and oxygen atoms in total. The minimum absolute atomic E-state index is 0. The van der Waals surface area contributed by atoms with Crippen molar-refractivity contribution in [1.29, 1.82) is 0 Å². The van der Waals surface area contributed by atoms with E-state index in [0.717, 1.165) is 12.0 Å². The molecule has 1 saturated heterocycles. The van der Waals surface area contributed by atoms with Gasteiger partial charge in [0, 0.05) is 12.6 Å². The molecule has 0 bridgehead atoms. The first-order chi connectivity index (χ1) is 6.86. The van der Waals surface area contributed by atoms with Crippen molar-refractivity contribution in [2.24, 2.45) is 0 Å². The summed E-state index contributed by atoms with van der Waals surface area (Å²) in [5.41, 5.74) is 3.19. The van der Waals surface area contributed by atoms with Gasteiger partial charge < -0.3 is 0 Å². The Kier molecular flexibility index (Phi) is 3.36. The summed E-state index contributed by atoms with van der Waals surface area (Å²) in [4.78, 5) is 2.66. The molecule has 2 unspecified atom stereocenters. The highest BCUT2D eigenvalue weighted by Crippen LogP contribution is 2.41. The normalized spacial score (nSPS) is 29.1. The van der Waals surface area contributed by atoms with Crippen LogP contribution in [0.2, 0.25) is 0 Å². The average Bonchev–Trinajstić information content (AvgIpc) is 2.66. The Hall–Kier alpha value is -0.0900. The van der Waals surface area contributed by atoms with E-state index in [9.17, 15) is 0 Å². The van der Waals surface area contributed by atoms with Gasteiger partial charge in [0.05, 0.1) is 0 Å². The smallest absolute Gasteiger partial charge is 0.0351 e. The molecule has 1 fully saturated rings. The van der Waals surface area contributed by atoms with E-state index in [1.165, 1.54) is 25.9 Å². The number of nitrogens with zero attached hydrogens (tertiary/aromatic N) is 1. The van der Waals surface area contributed by atoms with E-state index in [2.05, 4.69) is 36.1 Å². The van der Waals surface area contributed by atoms with E-state index < -0.39 is 0 Å². The van der Waals surface area contributed by atoms with Crippen molar-refractivity contribution in [2.45, 2.75) is 31.7 Å². The molecule has 2 atom stereocenters. The van der Waals surface area contributed by atoms with Crippen LogP contribution in [0.5, 0.6) is 0 Å². The average molecular weight is 315 g/mol. The minimum Gasteiger partial charge on any atom is -0.296 e. The SMILES string of the molecule is CC1CN2CCCC2c2ccccc21.I. The van der Waals surface area contributed by atoms with Gasteiger partial charge in [-0.15, -0.1) is 24.0 Å². The molecule has 0 amide bonds. The maximum absolute atomic E-state index is 2.66. The minimum atomic E-state index is 0. The molecule has 0 aliphatic carbocycles. The highest BCUT2D eigenvalue weighted by atomic mass is 127. The Morgan fingerprint density at radius 1 is 1.20 bits per heavy atom. The van der Waals surface area contributed by atoms with Crippen molar-refractivity contribution < 1.29 is 0 Å². The predicted octanol–water partition coefficient (Wildman–Crippen LogP) is 3.56. The molecule has 2 aliphatic heterocycles. The maximum Gasteiger partial charge on any atom is 0.0351 e. The molecule has 2 heteroatoms. The number of hydrogen-bond acceptors (Lipinski definition) is 1. The molecule has 82 valence electrons. The van der Waals surface area contributed by atoms with E-state index in [1.807, 2.05) is 0 Å². The molecule has 0 N–H and O–H groups in total. The second kappa shape index (κ2) is 4.42. The molecule has 1 aromatic carbocycles. The van der Waals surface area contributed by atoms with Gasteiger partial charge in [0.2, 0.25) is 0 Å². The second-order valence-corrected chi connectivity index (χ2v) is 4.68. The van der Waals surface area contributed by atoms with Gasteiger partial charge in [-0.3, -0.25) is 4.90 Å². The Bertz CT molecular complexity index is 350. The third-order valence-electron chi connectivity index (χ3n) is 3.76. The van der Waals surface area contributed by atoms with Crippen molar-refractivity contribution in [1.82, 2.24) is 4.90 Å². The lowest BCUT2D eigenvalue weighted by Gasteiger charge is -2.35. The van der Waals surface area contributed by atoms with Gasteiger partial charge in [0.15, 0.2) is 0 Å². The van der Waals surface area contributed by atoms with E-state index in [0.29, 0.717) is 0 Å². The monoisotopic (exact) mass is 315 g/mol. The van der Waals surface area contributed by atoms with Gasteiger partial charge in [0.25, 0.3) is 0 Å². The zero-order chi connectivity index (χ0) is 9.54. The zero-order valence-corrected chi connectivity index (χ0v) is 11.5. The van der Waals surface area contributed by atoms with E-state index in [-0.39, 0.29) is 24.0 Å². The van der Waals surface area contributed by atoms with Crippen LogP contribution in [0, 0.1) is 0 Å². The molecule has 15 heavy (non-hydrogen) atoms. The first-order valence-corrected chi connectivity index (χ1v) is 5.69. The molecule has 2 heterocycles. The Labute approximate surface area is 109 Å². The highest BCUT2D eigenvalue weighted by molar-refractivity contribution is 14.0. The number of benzene rings is 1. The Morgan fingerprint density at radius 2 is 1.93 bits per heavy atom. The number of rotatable bonds is 0. The van der Waals surface area contributed by atoms with E-state index in [1.54, 1.807) is 11.1 Å². The molecular formula is C13H18IN. The summed E-state index contributed by atoms with van der Waals surface area (Å²) in [6, 6.07) is 9.75. The van der Waals surface area contributed by atoms with Gasteiger partial charge in [-0.1, -0.05) is 31.2 Å². The van der Waals surface area contributed by atoms with Crippen LogP contribution in [0.15, 0.2) is 24.3 Å². The second-order valence-electron chi connectivity index (χ2n) is 4.68. The summed E-state index contributed by atoms with van der Waals surface area (Å²) in [5.74, 6) is 0.723. The van der Waals surface area contributed by atoms with Crippen molar-refractivity contribution in [3.05, 3.63) is 35.4 Å². The van der Waals surface area contributed by atoms with Crippen molar-refractivity contribution in [2.75, 3.05) is 13.1 Å². The first kappa shape index (κ1) is 11.4. The summed E-state index contributed by atoms with van der Waals surface area (Å²) >= 11 is 0. The fourth-order valence-corrected chi connectivity index (χ4v) is 3.11. The topological polar surface area (TPSA) is 3.24 Å². The zero-order valence-electron chi connectivity index (χ0n) is 9.15. The number of halogens is 1. The summed E-state index contributed by atoms with van der Waals surface area (Å²) in [5, 5.41) is 0. The lowest BCUT2D eigenvalue weighted by molar-refractivity contribution is 0.225. The third-order valence-corrected chi connectivity index (χ3v) is 3.76. The Balaban J connectivity index is 0.000000853. The van der Waals surface area contributed by atoms with Crippen LogP contribution >= 0.6 is 24.0 Å². The van der Waals surface area contributed by atoms with Gasteiger partial charge in [0.1, 0.15) is 0 Å². The van der Waals surface area contributed by atoms with E-state index in [4.69, 9.17) is 0 Å². The largest absolute Gasteiger partial charge is 0.296 e. The number of fused-ring (bicyclic) bond motifs is 3. The summed E-state index contributed by atoms with van der Waals surface area (Å²) < 4.78 is 0. The quantitative estimate of drug-likeness (QED) is 0.662. The van der Waals surface area contributed by atoms with Crippen molar-refractivity contribution in [3.63, 3.8) is 0 Å². The van der Waals surface area contributed by atoms with Crippen molar-refractivity contribution in [3.8, 4) is 0 Å². The predicted molar refractivity (Wildman–Crippen MR) is 73.8 cm³/mol. The maximum atomic E-state index is 2.66. The fourth-order valence-electron chi connectivity index (χ4n) is 3.11. The fraction of sp³-hybridized carbons (Fsp3) is 0.538. The Morgan fingerprint density at radius 3 is 2.73 bits per heavy atom. The highest BCUT2D eigenvalue weighted by Gasteiger charge is 2.33. The molecule has 1 aromatic rings. The summed E-state index contributed by atoms with van der Waals surface area (Å²) in [6.45, 7) is 4.93. The third kappa shape index (κ3) is 1.82. The lowest BCUT2D eigenvalue weighted by Crippen LogP contribution is -2.32. The van der Waals surface area contributed by atoms with Gasteiger partial charge in [-0.2, -0.15) is 0 Å². The van der Waals surface area contributed by atoms with Crippen LogP contribution in [0.1, 0.15) is 42.9 Å². The van der Waals surface area contributed by atoms with Crippen LogP contribution in [0.4, 0.5) is 0 Å². The van der Waals surface area contributed by atoms with Gasteiger partial charge in [-0.05, 0) is 36.4 Å². The van der Waals surface area contributed by atoms with Crippen LogP contribution in [-0.2, 0) is 0 Å². The first-order valence-electron chi connectivity index (χ1n) is 5.69. The molecular weight excluding hydrogens is 297 g/mol. The molecule has 0 radical (unpaired) electrons. The van der Waals surface area contributed by atoms with E-state index >= 15 is 0 Å². The summed E-state index contributed by atoms with van der Waals surface area (Å²) in [7, 11) is 0.